The Labute approximate surface area is 195 Å². The Morgan fingerprint density at radius 3 is 1.75 bits per heavy atom. The molecule has 0 fully saturated rings. The molecular weight excluding hydrogens is 400 g/mol. The first-order valence-corrected chi connectivity index (χ1v) is 11.4. The van der Waals surface area contributed by atoms with E-state index in [1.807, 2.05) is 18.2 Å². The topological polar surface area (TPSA) is 36.9 Å². The molecule has 0 aliphatic carbocycles. The van der Waals surface area contributed by atoms with Crippen molar-refractivity contribution < 1.29 is 18.9 Å². The van der Waals surface area contributed by atoms with Crippen LogP contribution in [0.2, 0.25) is 0 Å². The van der Waals surface area contributed by atoms with Crippen LogP contribution in [0, 0.1) is 0 Å². The van der Waals surface area contributed by atoms with E-state index in [2.05, 4.69) is 52.5 Å². The average molecular weight is 443 g/mol. The maximum Gasteiger partial charge on any atom is 0.188 e. The Hall–Kier alpha value is -2.30. The molecule has 1 aromatic rings. The van der Waals surface area contributed by atoms with Gasteiger partial charge in [-0.25, -0.2) is 0 Å². The minimum atomic E-state index is 0.204. The number of ether oxygens (including phenoxy) is 4. The minimum absolute atomic E-state index is 0.204. The van der Waals surface area contributed by atoms with Gasteiger partial charge >= 0.3 is 0 Å². The van der Waals surface area contributed by atoms with Crippen LogP contribution in [0.5, 0.6) is 11.5 Å². The van der Waals surface area contributed by atoms with Gasteiger partial charge in [0.25, 0.3) is 0 Å². The summed E-state index contributed by atoms with van der Waals surface area (Å²) in [4.78, 5) is 0. The third-order valence-corrected chi connectivity index (χ3v) is 5.07. The molecule has 0 amide bonds. The molecule has 0 saturated carbocycles. The predicted octanol–water partition coefficient (Wildman–Crippen LogP) is 7.34. The summed E-state index contributed by atoms with van der Waals surface area (Å²) in [6, 6.07) is 4.06. The van der Waals surface area contributed by atoms with Crippen molar-refractivity contribution in [3.8, 4) is 11.5 Å². The zero-order chi connectivity index (χ0) is 23.8. The second kappa shape index (κ2) is 16.3. The fraction of sp³-hybridized carbons (Fsp3) is 0.500. The van der Waals surface area contributed by atoms with Gasteiger partial charge in [-0.15, -0.1) is 6.58 Å². The molecule has 1 aromatic carbocycles. The normalized spacial score (nSPS) is 11.9. The molecule has 0 aliphatic rings. The van der Waals surface area contributed by atoms with E-state index in [0.717, 1.165) is 54.7 Å². The predicted molar refractivity (Wildman–Crippen MR) is 134 cm³/mol. The van der Waals surface area contributed by atoms with Gasteiger partial charge in [0.15, 0.2) is 13.6 Å². The van der Waals surface area contributed by atoms with E-state index in [1.165, 1.54) is 16.7 Å². The lowest BCUT2D eigenvalue weighted by Gasteiger charge is -2.16. The largest absolute Gasteiger partial charge is 0.467 e. The highest BCUT2D eigenvalue weighted by Gasteiger charge is 2.12. The third kappa shape index (κ3) is 11.4. The lowest BCUT2D eigenvalue weighted by Crippen LogP contribution is -2.06. The third-order valence-electron chi connectivity index (χ3n) is 5.07. The van der Waals surface area contributed by atoms with Crippen molar-refractivity contribution in [1.82, 2.24) is 0 Å². The van der Waals surface area contributed by atoms with Crippen molar-refractivity contribution in [3.05, 3.63) is 70.9 Å². The Balaban J connectivity index is 2.86. The molecule has 0 aliphatic heterocycles. The van der Waals surface area contributed by atoms with E-state index in [0.29, 0.717) is 6.42 Å². The fourth-order valence-corrected chi connectivity index (χ4v) is 3.26. The number of hydrogen-bond acceptors (Lipinski definition) is 4. The standard InChI is InChI=1S/C28H42O4/c1-8-11-25-18-28(32-21-30-7)26(19-27(25)31-20-29-6)17-16-24(5)15-10-14-23(4)13-9-12-22(2)3/h8,12,14,16,18-19H,1,9-11,13,15,17,20-21H2,2-7H3/b23-14+,24-16-. The van der Waals surface area contributed by atoms with Gasteiger partial charge in [-0.05, 0) is 78.4 Å². The number of methoxy groups -OCH3 is 2. The Morgan fingerprint density at radius 1 is 0.750 bits per heavy atom. The van der Waals surface area contributed by atoms with E-state index >= 15 is 0 Å². The number of allylic oxidation sites excluding steroid dienone is 7. The molecule has 0 heterocycles. The van der Waals surface area contributed by atoms with Crippen LogP contribution in [0.3, 0.4) is 0 Å². The van der Waals surface area contributed by atoms with Crippen LogP contribution >= 0.6 is 0 Å². The van der Waals surface area contributed by atoms with E-state index < -0.39 is 0 Å². The van der Waals surface area contributed by atoms with Crippen LogP contribution in [-0.2, 0) is 22.3 Å². The first kappa shape index (κ1) is 27.7. The number of hydrogen-bond donors (Lipinski definition) is 0. The number of benzene rings is 1. The van der Waals surface area contributed by atoms with Gasteiger partial charge in [-0.3, -0.25) is 0 Å². The number of rotatable bonds is 16. The van der Waals surface area contributed by atoms with Crippen LogP contribution in [0.25, 0.3) is 0 Å². The summed E-state index contributed by atoms with van der Waals surface area (Å²) < 4.78 is 21.9. The van der Waals surface area contributed by atoms with Gasteiger partial charge in [0.2, 0.25) is 0 Å². The molecule has 178 valence electrons. The fourth-order valence-electron chi connectivity index (χ4n) is 3.26. The highest BCUT2D eigenvalue weighted by Crippen LogP contribution is 2.31. The maximum absolute atomic E-state index is 5.85. The van der Waals surface area contributed by atoms with Crippen LogP contribution in [0.1, 0.15) is 64.5 Å². The van der Waals surface area contributed by atoms with Crippen LogP contribution < -0.4 is 9.47 Å². The van der Waals surface area contributed by atoms with Crippen molar-refractivity contribution >= 4 is 0 Å². The molecule has 0 aromatic heterocycles. The molecule has 4 heteroatoms. The quantitative estimate of drug-likeness (QED) is 0.198. The summed E-state index contributed by atoms with van der Waals surface area (Å²) in [7, 11) is 3.24. The van der Waals surface area contributed by atoms with E-state index in [-0.39, 0.29) is 13.6 Å². The van der Waals surface area contributed by atoms with Crippen LogP contribution in [0.15, 0.2) is 59.7 Å². The summed E-state index contributed by atoms with van der Waals surface area (Å²) in [6.45, 7) is 13.0. The van der Waals surface area contributed by atoms with Gasteiger partial charge in [0.1, 0.15) is 11.5 Å². The molecule has 0 unspecified atom stereocenters. The van der Waals surface area contributed by atoms with Crippen molar-refractivity contribution in [2.75, 3.05) is 27.8 Å². The van der Waals surface area contributed by atoms with Gasteiger partial charge in [-0.2, -0.15) is 0 Å². The summed E-state index contributed by atoms with van der Waals surface area (Å²) in [5, 5.41) is 0. The van der Waals surface area contributed by atoms with E-state index in [1.54, 1.807) is 14.2 Å². The average Bonchev–Trinajstić information content (AvgIpc) is 2.75. The Morgan fingerprint density at radius 2 is 1.25 bits per heavy atom. The van der Waals surface area contributed by atoms with Gasteiger partial charge in [-0.1, -0.05) is 41.0 Å². The smallest absolute Gasteiger partial charge is 0.188 e. The summed E-state index contributed by atoms with van der Waals surface area (Å²) in [6.07, 6.45) is 14.6. The summed E-state index contributed by atoms with van der Waals surface area (Å²) in [5.74, 6) is 1.61. The van der Waals surface area contributed by atoms with Crippen LogP contribution in [0.4, 0.5) is 0 Å². The first-order chi connectivity index (χ1) is 15.4. The molecule has 0 saturated heterocycles. The molecule has 0 N–H and O–H groups in total. The highest BCUT2D eigenvalue weighted by atomic mass is 16.7. The zero-order valence-electron chi connectivity index (χ0n) is 21.0. The van der Waals surface area contributed by atoms with Crippen molar-refractivity contribution in [2.24, 2.45) is 0 Å². The van der Waals surface area contributed by atoms with Crippen molar-refractivity contribution in [1.29, 1.82) is 0 Å². The zero-order valence-corrected chi connectivity index (χ0v) is 21.0. The minimum Gasteiger partial charge on any atom is -0.467 e. The molecule has 32 heavy (non-hydrogen) atoms. The SMILES string of the molecule is C=CCc1cc(OCOC)c(C/C=C(/C)CC/C=C(\C)CCC=C(C)C)cc1OCOC. The Bertz CT molecular complexity index is 783. The van der Waals surface area contributed by atoms with Gasteiger partial charge < -0.3 is 18.9 Å². The van der Waals surface area contributed by atoms with E-state index in [4.69, 9.17) is 18.9 Å². The lowest BCUT2D eigenvalue weighted by molar-refractivity contribution is 0.0474. The van der Waals surface area contributed by atoms with Gasteiger partial charge in [0, 0.05) is 25.3 Å². The molecule has 0 bridgehead atoms. The molecule has 4 nitrogen and oxygen atoms in total. The first-order valence-electron chi connectivity index (χ1n) is 11.4. The van der Waals surface area contributed by atoms with Crippen molar-refractivity contribution in [3.63, 3.8) is 0 Å². The summed E-state index contributed by atoms with van der Waals surface area (Å²) in [5.41, 5.74) is 6.29. The summed E-state index contributed by atoms with van der Waals surface area (Å²) >= 11 is 0. The molecular formula is C28H42O4. The molecule has 0 radical (unpaired) electrons. The van der Waals surface area contributed by atoms with E-state index in [9.17, 15) is 0 Å². The molecule has 1 rings (SSSR count). The second-order valence-corrected chi connectivity index (χ2v) is 8.33. The van der Waals surface area contributed by atoms with Crippen molar-refractivity contribution in [2.45, 2.75) is 66.2 Å². The monoisotopic (exact) mass is 442 g/mol. The highest BCUT2D eigenvalue weighted by molar-refractivity contribution is 5.48. The maximum atomic E-state index is 5.85. The molecule has 0 spiro atoms. The Kier molecular flexibility index (Phi) is 14.2. The second-order valence-electron chi connectivity index (χ2n) is 8.33. The molecule has 0 atom stereocenters. The van der Waals surface area contributed by atoms with Crippen LogP contribution in [-0.4, -0.2) is 27.8 Å². The lowest BCUT2D eigenvalue weighted by atomic mass is 10.0. The van der Waals surface area contributed by atoms with Gasteiger partial charge in [0.05, 0.1) is 0 Å².